The average Bonchev–Trinajstić information content (AvgIpc) is 3.33. The molecule has 1 fully saturated rings. The summed E-state index contributed by atoms with van der Waals surface area (Å²) in [6.45, 7) is 7.72. The number of benzene rings is 1. The third-order valence-electron chi connectivity index (χ3n) is 5.85. The molecule has 3 aromatic rings. The van der Waals surface area contributed by atoms with E-state index < -0.39 is 0 Å². The molecule has 1 aliphatic rings. The number of pyridine rings is 1. The Labute approximate surface area is 182 Å². The number of rotatable bonds is 6. The molecule has 6 heteroatoms. The van der Waals surface area contributed by atoms with Gasteiger partial charge in [0.25, 0.3) is 5.91 Å². The molecule has 0 N–H and O–H groups in total. The number of amides is 1. The summed E-state index contributed by atoms with van der Waals surface area (Å²) in [7, 11) is 3.63. The van der Waals surface area contributed by atoms with Crippen LogP contribution in [-0.2, 0) is 0 Å². The predicted molar refractivity (Wildman–Crippen MR) is 123 cm³/mol. The van der Waals surface area contributed by atoms with Crippen LogP contribution in [0, 0.1) is 13.8 Å². The number of fused-ring (bicyclic) bond motifs is 1. The van der Waals surface area contributed by atoms with Crippen molar-refractivity contribution in [3.05, 3.63) is 58.1 Å². The first-order chi connectivity index (χ1) is 14.5. The fourth-order valence-corrected chi connectivity index (χ4v) is 5.54. The second-order valence-electron chi connectivity index (χ2n) is 8.26. The van der Waals surface area contributed by atoms with Crippen molar-refractivity contribution in [2.75, 3.05) is 40.3 Å². The maximum atomic E-state index is 12.8. The number of hydrogen-bond donors (Lipinski definition) is 0. The average molecular weight is 424 g/mol. The molecule has 2 aromatic heterocycles. The molecule has 30 heavy (non-hydrogen) atoms. The lowest BCUT2D eigenvalue weighted by atomic mass is 9.95. The van der Waals surface area contributed by atoms with Gasteiger partial charge in [0.15, 0.2) is 0 Å². The zero-order valence-corrected chi connectivity index (χ0v) is 19.0. The summed E-state index contributed by atoms with van der Waals surface area (Å²) in [5.41, 5.74) is 3.54. The molecule has 158 valence electrons. The lowest BCUT2D eigenvalue weighted by Crippen LogP contribution is -2.26. The number of para-hydroxylation sites is 1. The van der Waals surface area contributed by atoms with E-state index in [1.165, 1.54) is 28.0 Å². The normalized spacial score (nSPS) is 16.9. The van der Waals surface area contributed by atoms with E-state index >= 15 is 0 Å². The number of aryl methyl sites for hydroxylation is 2. The van der Waals surface area contributed by atoms with Gasteiger partial charge in [-0.05, 0) is 49.6 Å². The van der Waals surface area contributed by atoms with Gasteiger partial charge < -0.3 is 9.64 Å². The number of ether oxygens (including phenoxy) is 1. The molecule has 0 saturated carbocycles. The van der Waals surface area contributed by atoms with Gasteiger partial charge in [-0.25, -0.2) is 4.98 Å². The van der Waals surface area contributed by atoms with Crippen LogP contribution in [0.25, 0.3) is 10.2 Å². The molecule has 1 saturated heterocycles. The van der Waals surface area contributed by atoms with Gasteiger partial charge in [-0.1, -0.05) is 24.3 Å². The van der Waals surface area contributed by atoms with Gasteiger partial charge in [0.1, 0.15) is 17.2 Å². The summed E-state index contributed by atoms with van der Waals surface area (Å²) in [6.07, 6.45) is 2.86. The molecule has 1 unspecified atom stereocenters. The third kappa shape index (κ3) is 4.07. The van der Waals surface area contributed by atoms with Crippen LogP contribution in [0.15, 0.2) is 36.5 Å². The maximum absolute atomic E-state index is 12.8. The van der Waals surface area contributed by atoms with Crippen molar-refractivity contribution in [2.45, 2.75) is 26.2 Å². The van der Waals surface area contributed by atoms with E-state index in [-0.39, 0.29) is 5.91 Å². The summed E-state index contributed by atoms with van der Waals surface area (Å²) < 4.78 is 6.11. The number of thiophene rings is 1. The number of likely N-dealkylation sites (tertiary alicyclic amines) is 1. The molecule has 0 radical (unpaired) electrons. The van der Waals surface area contributed by atoms with Crippen LogP contribution in [-0.4, -0.2) is 61.0 Å². The van der Waals surface area contributed by atoms with Gasteiger partial charge in [0.05, 0.1) is 4.88 Å². The molecule has 1 amide bonds. The van der Waals surface area contributed by atoms with E-state index in [0.29, 0.717) is 12.5 Å². The van der Waals surface area contributed by atoms with Gasteiger partial charge >= 0.3 is 0 Å². The number of aromatic nitrogens is 1. The number of carbonyl (C=O) groups excluding carboxylic acids is 1. The molecule has 5 nitrogen and oxygen atoms in total. The minimum atomic E-state index is 0.0739. The highest BCUT2D eigenvalue weighted by molar-refractivity contribution is 7.20. The Morgan fingerprint density at radius 3 is 2.73 bits per heavy atom. The fraction of sp³-hybridized carbons (Fsp3) is 0.417. The highest BCUT2D eigenvalue weighted by Crippen LogP contribution is 2.39. The standard InChI is InChI=1S/C24H29N3O2S/c1-16-7-5-8-17(2)21(16)29-14-13-27-12-10-18(15-27)20-19-9-6-11-25-23(19)30-22(20)24(28)26(3)4/h5-9,11,18H,10,12-15H2,1-4H3. The van der Waals surface area contributed by atoms with Crippen molar-refractivity contribution in [3.63, 3.8) is 0 Å². The van der Waals surface area contributed by atoms with E-state index in [2.05, 4.69) is 48.0 Å². The van der Waals surface area contributed by atoms with Crippen LogP contribution in [0.4, 0.5) is 0 Å². The van der Waals surface area contributed by atoms with Crippen LogP contribution in [0.2, 0.25) is 0 Å². The van der Waals surface area contributed by atoms with Gasteiger partial charge in [-0.3, -0.25) is 9.69 Å². The van der Waals surface area contributed by atoms with Crippen LogP contribution in [0.5, 0.6) is 5.75 Å². The van der Waals surface area contributed by atoms with Crippen molar-refractivity contribution in [1.29, 1.82) is 0 Å². The Hall–Kier alpha value is -2.44. The Balaban J connectivity index is 1.47. The van der Waals surface area contributed by atoms with E-state index in [0.717, 1.165) is 46.9 Å². The first kappa shape index (κ1) is 20.8. The molecule has 1 atom stereocenters. The van der Waals surface area contributed by atoms with Crippen molar-refractivity contribution < 1.29 is 9.53 Å². The van der Waals surface area contributed by atoms with Crippen LogP contribution in [0.1, 0.15) is 38.7 Å². The van der Waals surface area contributed by atoms with Gasteiger partial charge in [-0.2, -0.15) is 0 Å². The largest absolute Gasteiger partial charge is 0.492 e. The summed E-state index contributed by atoms with van der Waals surface area (Å²) in [5, 5.41) is 1.13. The predicted octanol–water partition coefficient (Wildman–Crippen LogP) is 4.48. The number of carbonyl (C=O) groups is 1. The van der Waals surface area contributed by atoms with Crippen molar-refractivity contribution >= 4 is 27.5 Å². The molecule has 0 bridgehead atoms. The Bertz CT molecular complexity index is 1040. The summed E-state index contributed by atoms with van der Waals surface area (Å²) in [4.78, 5) is 23.3. The zero-order chi connectivity index (χ0) is 21.3. The van der Waals surface area contributed by atoms with E-state index in [1.807, 2.05) is 20.2 Å². The van der Waals surface area contributed by atoms with E-state index in [9.17, 15) is 4.79 Å². The molecule has 0 spiro atoms. The second kappa shape index (κ2) is 8.74. The maximum Gasteiger partial charge on any atom is 0.263 e. The van der Waals surface area contributed by atoms with Gasteiger partial charge in [-0.15, -0.1) is 11.3 Å². The van der Waals surface area contributed by atoms with Crippen molar-refractivity contribution in [1.82, 2.24) is 14.8 Å². The topological polar surface area (TPSA) is 45.7 Å². The smallest absolute Gasteiger partial charge is 0.263 e. The van der Waals surface area contributed by atoms with Crippen LogP contribution in [0.3, 0.4) is 0 Å². The SMILES string of the molecule is Cc1cccc(C)c1OCCN1CCC(c2c(C(=O)N(C)C)sc3ncccc23)C1. The van der Waals surface area contributed by atoms with Crippen LogP contribution < -0.4 is 4.74 Å². The fourth-order valence-electron chi connectivity index (χ4n) is 4.29. The van der Waals surface area contributed by atoms with E-state index in [1.54, 1.807) is 11.1 Å². The Morgan fingerprint density at radius 1 is 1.23 bits per heavy atom. The Morgan fingerprint density at radius 2 is 2.00 bits per heavy atom. The monoisotopic (exact) mass is 423 g/mol. The highest BCUT2D eigenvalue weighted by atomic mass is 32.1. The molecule has 4 rings (SSSR count). The molecule has 1 aliphatic heterocycles. The van der Waals surface area contributed by atoms with Crippen molar-refractivity contribution in [3.8, 4) is 5.75 Å². The van der Waals surface area contributed by atoms with Gasteiger partial charge in [0, 0.05) is 44.7 Å². The summed E-state index contributed by atoms with van der Waals surface area (Å²) in [5.74, 6) is 1.42. The minimum absolute atomic E-state index is 0.0739. The molecule has 0 aliphatic carbocycles. The second-order valence-corrected chi connectivity index (χ2v) is 9.26. The van der Waals surface area contributed by atoms with Crippen LogP contribution >= 0.6 is 11.3 Å². The van der Waals surface area contributed by atoms with Crippen molar-refractivity contribution in [2.24, 2.45) is 0 Å². The highest BCUT2D eigenvalue weighted by Gasteiger charge is 2.31. The zero-order valence-electron chi connectivity index (χ0n) is 18.1. The molecular formula is C24H29N3O2S. The summed E-state index contributed by atoms with van der Waals surface area (Å²) >= 11 is 1.52. The molecule has 1 aromatic carbocycles. The summed E-state index contributed by atoms with van der Waals surface area (Å²) in [6, 6.07) is 10.3. The molecular weight excluding hydrogens is 394 g/mol. The number of nitrogens with zero attached hydrogens (tertiary/aromatic N) is 3. The minimum Gasteiger partial charge on any atom is -0.492 e. The van der Waals surface area contributed by atoms with E-state index in [4.69, 9.17) is 4.74 Å². The first-order valence-electron chi connectivity index (χ1n) is 10.5. The number of hydrogen-bond acceptors (Lipinski definition) is 5. The third-order valence-corrected chi connectivity index (χ3v) is 6.97. The quantitative estimate of drug-likeness (QED) is 0.586. The lowest BCUT2D eigenvalue weighted by molar-refractivity contribution is 0.0831. The van der Waals surface area contributed by atoms with Gasteiger partial charge in [0.2, 0.25) is 0 Å². The molecule has 3 heterocycles. The Kier molecular flexibility index (Phi) is 6.06. The first-order valence-corrected chi connectivity index (χ1v) is 11.3. The lowest BCUT2D eigenvalue weighted by Gasteiger charge is -2.19.